The quantitative estimate of drug-likeness (QED) is 0.600. The second kappa shape index (κ2) is 8.23. The molecule has 2 aliphatic rings. The van der Waals surface area contributed by atoms with E-state index in [2.05, 4.69) is 36.7 Å². The van der Waals surface area contributed by atoms with E-state index in [0.717, 1.165) is 61.9 Å². The van der Waals surface area contributed by atoms with Crippen molar-refractivity contribution in [3.63, 3.8) is 0 Å². The number of benzene rings is 1. The van der Waals surface area contributed by atoms with E-state index in [1.807, 2.05) is 36.4 Å². The summed E-state index contributed by atoms with van der Waals surface area (Å²) in [6, 6.07) is 13.8. The van der Waals surface area contributed by atoms with Crippen molar-refractivity contribution in [1.82, 2.24) is 15.3 Å². The highest BCUT2D eigenvalue weighted by Gasteiger charge is 2.20. The molecule has 0 bridgehead atoms. The number of fused-ring (bicyclic) bond motifs is 1. The monoisotopic (exact) mass is 391 g/mol. The summed E-state index contributed by atoms with van der Waals surface area (Å²) in [6.45, 7) is 4.24. The van der Waals surface area contributed by atoms with E-state index in [4.69, 9.17) is 17.5 Å². The van der Waals surface area contributed by atoms with Gasteiger partial charge >= 0.3 is 0 Å². The Morgan fingerprint density at radius 2 is 1.96 bits per heavy atom. The van der Waals surface area contributed by atoms with E-state index >= 15 is 0 Å². The van der Waals surface area contributed by atoms with Crippen molar-refractivity contribution >= 4 is 34.4 Å². The van der Waals surface area contributed by atoms with Crippen LogP contribution in [-0.4, -0.2) is 53.4 Å². The van der Waals surface area contributed by atoms with Gasteiger partial charge in [0.25, 0.3) is 0 Å². The molecule has 2 aliphatic heterocycles. The average molecular weight is 392 g/mol. The van der Waals surface area contributed by atoms with Crippen LogP contribution < -0.4 is 15.6 Å². The lowest BCUT2D eigenvalue weighted by molar-refractivity contribution is 0.381. The number of hydrazone groups is 1. The molecule has 0 radical (unpaired) electrons. The first-order valence-electron chi connectivity index (χ1n) is 9.30. The fraction of sp³-hybridized carbons (Fsp3) is 0.300. The van der Waals surface area contributed by atoms with Crippen LogP contribution in [0.2, 0.25) is 0 Å². The minimum atomic E-state index is 0.642. The van der Waals surface area contributed by atoms with Crippen LogP contribution in [0.5, 0.6) is 0 Å². The first-order chi connectivity index (χ1) is 13.7. The molecule has 4 rings (SSSR count). The molecule has 0 unspecified atom stereocenters. The Balaban J connectivity index is 1.34. The van der Waals surface area contributed by atoms with Gasteiger partial charge < -0.3 is 15.1 Å². The van der Waals surface area contributed by atoms with Gasteiger partial charge in [-0.1, -0.05) is 0 Å². The maximum absolute atomic E-state index is 8.92. The van der Waals surface area contributed by atoms with E-state index in [1.54, 1.807) is 6.20 Å². The molecule has 28 heavy (non-hydrogen) atoms. The Hall–Kier alpha value is -3.18. The van der Waals surface area contributed by atoms with Gasteiger partial charge in [-0.05, 0) is 48.6 Å². The lowest BCUT2D eigenvalue weighted by Crippen LogP contribution is -2.51. The maximum Gasteiger partial charge on any atom is 0.189 e. The topological polar surface area (TPSA) is 79.6 Å². The predicted octanol–water partition coefficient (Wildman–Crippen LogP) is 2.17. The van der Waals surface area contributed by atoms with Gasteiger partial charge in [0.1, 0.15) is 5.69 Å². The summed E-state index contributed by atoms with van der Waals surface area (Å²) < 4.78 is 0. The number of anilines is 2. The molecule has 3 heterocycles. The molecule has 0 atom stereocenters. The second-order valence-electron chi connectivity index (χ2n) is 6.68. The summed E-state index contributed by atoms with van der Waals surface area (Å²) in [6.07, 6.45) is 2.59. The number of hydrogen-bond acceptors (Lipinski definition) is 6. The highest BCUT2D eigenvalue weighted by molar-refractivity contribution is 7.80. The van der Waals surface area contributed by atoms with Crippen LogP contribution in [0, 0.1) is 11.3 Å². The van der Waals surface area contributed by atoms with Crippen LogP contribution in [0.1, 0.15) is 17.7 Å². The highest BCUT2D eigenvalue weighted by atomic mass is 32.1. The zero-order chi connectivity index (χ0) is 19.3. The molecule has 0 amide bonds. The van der Waals surface area contributed by atoms with Crippen molar-refractivity contribution < 1.29 is 0 Å². The minimum Gasteiger partial charge on any atom is -0.383 e. The van der Waals surface area contributed by atoms with Crippen molar-refractivity contribution in [2.45, 2.75) is 6.42 Å². The zero-order valence-corrected chi connectivity index (χ0v) is 16.2. The number of hydrogen-bond donors (Lipinski definition) is 2. The van der Waals surface area contributed by atoms with Crippen molar-refractivity contribution in [2.75, 3.05) is 42.9 Å². The fourth-order valence-electron chi connectivity index (χ4n) is 3.42. The summed E-state index contributed by atoms with van der Waals surface area (Å²) in [7, 11) is 0. The number of thiocarbonyl (C=S) groups is 1. The van der Waals surface area contributed by atoms with Crippen LogP contribution >= 0.6 is 12.2 Å². The number of rotatable bonds is 2. The summed E-state index contributed by atoms with van der Waals surface area (Å²) in [5.74, 6) is 0. The molecule has 2 aromatic rings. The molecule has 0 spiro atoms. The van der Waals surface area contributed by atoms with Crippen molar-refractivity contribution in [1.29, 1.82) is 5.26 Å². The van der Waals surface area contributed by atoms with Gasteiger partial charge in [0.15, 0.2) is 5.11 Å². The Morgan fingerprint density at radius 1 is 1.18 bits per heavy atom. The van der Waals surface area contributed by atoms with E-state index in [0.29, 0.717) is 10.7 Å². The normalized spacial score (nSPS) is 17.5. The number of nitrogens with zero attached hydrogens (tertiary/aromatic N) is 5. The predicted molar refractivity (Wildman–Crippen MR) is 115 cm³/mol. The summed E-state index contributed by atoms with van der Waals surface area (Å²) in [4.78, 5) is 8.87. The third-order valence-electron chi connectivity index (χ3n) is 4.97. The largest absolute Gasteiger partial charge is 0.383 e. The van der Waals surface area contributed by atoms with Crippen molar-refractivity contribution in [3.8, 4) is 6.07 Å². The molecule has 142 valence electrons. The molecule has 1 aromatic carbocycles. The minimum absolute atomic E-state index is 0.642. The molecule has 0 saturated carbocycles. The number of aromatic nitrogens is 1. The number of pyridine rings is 1. The van der Waals surface area contributed by atoms with Gasteiger partial charge in [-0.2, -0.15) is 10.4 Å². The maximum atomic E-state index is 8.92. The van der Waals surface area contributed by atoms with Crippen molar-refractivity contribution in [2.24, 2.45) is 5.10 Å². The van der Waals surface area contributed by atoms with Crippen LogP contribution in [0.4, 0.5) is 11.4 Å². The first-order valence-corrected chi connectivity index (χ1v) is 9.71. The van der Waals surface area contributed by atoms with Crippen LogP contribution in [0.25, 0.3) is 0 Å². The second-order valence-corrected chi connectivity index (χ2v) is 7.07. The third kappa shape index (κ3) is 3.89. The average Bonchev–Trinajstić information content (AvgIpc) is 2.77. The smallest absolute Gasteiger partial charge is 0.189 e. The molecule has 1 fully saturated rings. The SMILES string of the molecule is N#Cc1ccc(N2CCN(C(=S)N/N=C3/CCNc4cccnc43)CC2)cc1. The van der Waals surface area contributed by atoms with Crippen molar-refractivity contribution in [3.05, 3.63) is 53.9 Å². The Morgan fingerprint density at radius 3 is 2.71 bits per heavy atom. The van der Waals surface area contributed by atoms with Gasteiger partial charge in [-0.25, -0.2) is 0 Å². The van der Waals surface area contributed by atoms with Crippen LogP contribution in [0.3, 0.4) is 0 Å². The molecule has 7 nitrogen and oxygen atoms in total. The molecular weight excluding hydrogens is 370 g/mol. The molecule has 2 N–H and O–H groups in total. The van der Waals surface area contributed by atoms with Crippen LogP contribution in [-0.2, 0) is 0 Å². The van der Waals surface area contributed by atoms with Gasteiger partial charge in [0.2, 0.25) is 0 Å². The Bertz CT molecular complexity index is 924. The molecular formula is C20H21N7S. The van der Waals surface area contributed by atoms with E-state index in [9.17, 15) is 0 Å². The third-order valence-corrected chi connectivity index (χ3v) is 5.32. The van der Waals surface area contributed by atoms with E-state index < -0.39 is 0 Å². The number of piperazine rings is 1. The Kier molecular flexibility index (Phi) is 5.35. The van der Waals surface area contributed by atoms with E-state index in [1.165, 1.54) is 0 Å². The lowest BCUT2D eigenvalue weighted by Gasteiger charge is -2.37. The molecule has 8 heteroatoms. The van der Waals surface area contributed by atoms with Crippen LogP contribution in [0.15, 0.2) is 47.7 Å². The van der Waals surface area contributed by atoms with Gasteiger partial charge in [-0.15, -0.1) is 0 Å². The first kappa shape index (κ1) is 18.2. The summed E-state index contributed by atoms with van der Waals surface area (Å²) in [5.41, 5.74) is 7.69. The summed E-state index contributed by atoms with van der Waals surface area (Å²) in [5, 5.41) is 17.4. The summed E-state index contributed by atoms with van der Waals surface area (Å²) >= 11 is 5.55. The zero-order valence-electron chi connectivity index (χ0n) is 15.4. The standard InChI is InChI=1S/C20H21N7S/c21-14-15-3-5-16(6-4-15)26-10-12-27(13-11-26)20(28)25-24-18-7-9-22-17-2-1-8-23-19(17)18/h1-6,8,22H,7,9-13H2,(H,25,28)/b24-18-. The number of nitriles is 1. The molecule has 1 saturated heterocycles. The molecule has 0 aliphatic carbocycles. The van der Waals surface area contributed by atoms with Gasteiger partial charge in [-0.3, -0.25) is 10.4 Å². The van der Waals surface area contributed by atoms with Gasteiger partial charge in [0.05, 0.1) is 23.0 Å². The Labute approximate surface area is 169 Å². The highest BCUT2D eigenvalue weighted by Crippen LogP contribution is 2.19. The molecule has 1 aromatic heterocycles. The van der Waals surface area contributed by atoms with Gasteiger partial charge in [0, 0.05) is 51.0 Å². The van der Waals surface area contributed by atoms with E-state index in [-0.39, 0.29) is 0 Å². The lowest BCUT2D eigenvalue weighted by atomic mass is 10.1. The fourth-order valence-corrected chi connectivity index (χ4v) is 3.65. The number of nitrogens with one attached hydrogen (secondary N) is 2.